The van der Waals surface area contributed by atoms with Crippen molar-refractivity contribution in [3.8, 4) is 11.5 Å². The molecule has 0 saturated heterocycles. The van der Waals surface area contributed by atoms with Gasteiger partial charge in [-0.15, -0.1) is 6.58 Å². The first-order valence-electron chi connectivity index (χ1n) is 11.2. The van der Waals surface area contributed by atoms with Crippen LogP contribution in [0.4, 0.5) is 13.2 Å². The summed E-state index contributed by atoms with van der Waals surface area (Å²) in [6.45, 7) is 1.28. The first kappa shape index (κ1) is 27.2. The minimum absolute atomic E-state index is 0.0729. The maximum Gasteiger partial charge on any atom is 0.406 e. The van der Waals surface area contributed by atoms with Crippen molar-refractivity contribution in [3.63, 3.8) is 0 Å². The third kappa shape index (κ3) is 5.54. The summed E-state index contributed by atoms with van der Waals surface area (Å²) in [5.74, 6) is -2.34. The number of alkyl halides is 3. The Labute approximate surface area is 205 Å². The van der Waals surface area contributed by atoms with Gasteiger partial charge in [-0.2, -0.15) is 13.2 Å². The third-order valence-electron chi connectivity index (χ3n) is 6.00. The molecule has 3 rings (SSSR count). The number of halogens is 3. The lowest BCUT2D eigenvalue weighted by Gasteiger charge is -2.41. The van der Waals surface area contributed by atoms with Gasteiger partial charge in [0.2, 0.25) is 11.8 Å². The molecule has 0 aromatic heterocycles. The number of hydrogen-bond donors (Lipinski definition) is 3. The number of hydrogen-bond acceptors (Lipinski definition) is 7. The maximum absolute atomic E-state index is 13.5. The summed E-state index contributed by atoms with van der Waals surface area (Å²) < 4.78 is 51.5. The number of fused-ring (bicyclic) bond motifs is 3. The number of amides is 2. The standard InChI is InChI=1S/C24H27F3N2O7/c1-3-4-5-18(32)29(12-24(25,26)27)16-10-15(23(34)28-6-7-30)19-14-8-13(11-31)9-17(35-2)21(14)36-22(19)20(16)33/h3,8-11,16,19-20,22,30,33H,1,4-7,12H2,2H3,(H,28,34)/t16-,19+,20+,22+/m1/s1. The average molecular weight is 512 g/mol. The fraction of sp³-hybridized carbons (Fsp3) is 0.458. The molecule has 36 heavy (non-hydrogen) atoms. The van der Waals surface area contributed by atoms with Crippen molar-refractivity contribution in [2.45, 2.75) is 43.2 Å². The van der Waals surface area contributed by atoms with Crippen LogP contribution in [0, 0.1) is 0 Å². The summed E-state index contributed by atoms with van der Waals surface area (Å²) in [5, 5.41) is 22.8. The molecule has 2 aliphatic rings. The number of allylic oxidation sites excluding steroid dienone is 1. The van der Waals surface area contributed by atoms with E-state index >= 15 is 0 Å². The first-order chi connectivity index (χ1) is 17.1. The molecule has 0 bridgehead atoms. The van der Waals surface area contributed by atoms with Crippen LogP contribution in [0.2, 0.25) is 0 Å². The maximum atomic E-state index is 13.5. The lowest BCUT2D eigenvalue weighted by atomic mass is 9.77. The van der Waals surface area contributed by atoms with Gasteiger partial charge in [0.1, 0.15) is 25.0 Å². The molecule has 196 valence electrons. The number of rotatable bonds is 10. The van der Waals surface area contributed by atoms with E-state index in [9.17, 15) is 32.7 Å². The van der Waals surface area contributed by atoms with Gasteiger partial charge >= 0.3 is 6.18 Å². The number of methoxy groups -OCH3 is 1. The van der Waals surface area contributed by atoms with Crippen LogP contribution in [-0.2, 0) is 9.59 Å². The minimum atomic E-state index is -4.78. The molecule has 1 heterocycles. The lowest BCUT2D eigenvalue weighted by Crippen LogP contribution is -2.57. The van der Waals surface area contributed by atoms with Crippen molar-refractivity contribution in [3.05, 3.63) is 47.6 Å². The van der Waals surface area contributed by atoms with Crippen molar-refractivity contribution in [2.75, 3.05) is 26.8 Å². The zero-order chi connectivity index (χ0) is 26.6. The normalized spacial score (nSPS) is 22.4. The van der Waals surface area contributed by atoms with Crippen LogP contribution in [0.1, 0.15) is 34.7 Å². The number of aldehydes is 1. The van der Waals surface area contributed by atoms with Gasteiger partial charge < -0.3 is 29.9 Å². The molecule has 1 aliphatic heterocycles. The summed E-state index contributed by atoms with van der Waals surface area (Å²) in [5.41, 5.74) is 0.445. The number of aliphatic hydroxyl groups is 2. The molecule has 0 radical (unpaired) electrons. The number of carbonyl (C=O) groups is 3. The first-order valence-corrected chi connectivity index (χ1v) is 11.2. The number of ether oxygens (including phenoxy) is 2. The molecule has 3 N–H and O–H groups in total. The van der Waals surface area contributed by atoms with E-state index < -0.39 is 55.3 Å². The largest absolute Gasteiger partial charge is 0.493 e. The van der Waals surface area contributed by atoms with E-state index in [1.54, 1.807) is 0 Å². The molecule has 4 atom stereocenters. The number of carbonyl (C=O) groups excluding carboxylic acids is 3. The Hall–Kier alpha value is -3.38. The van der Waals surface area contributed by atoms with Gasteiger partial charge in [0, 0.05) is 29.7 Å². The molecule has 0 spiro atoms. The van der Waals surface area contributed by atoms with E-state index in [-0.39, 0.29) is 42.0 Å². The Morgan fingerprint density at radius 3 is 2.64 bits per heavy atom. The van der Waals surface area contributed by atoms with Crippen molar-refractivity contribution < 1.29 is 47.2 Å². The summed E-state index contributed by atoms with van der Waals surface area (Å²) in [6, 6.07) is 1.28. The van der Waals surface area contributed by atoms with Crippen LogP contribution in [0.5, 0.6) is 11.5 Å². The average Bonchev–Trinajstić information content (AvgIpc) is 3.23. The van der Waals surface area contributed by atoms with Gasteiger partial charge in [-0.05, 0) is 24.6 Å². The Balaban J connectivity index is 2.14. The lowest BCUT2D eigenvalue weighted by molar-refractivity contribution is -0.170. The van der Waals surface area contributed by atoms with Crippen molar-refractivity contribution in [1.29, 1.82) is 0 Å². The summed E-state index contributed by atoms with van der Waals surface area (Å²) in [7, 11) is 1.32. The van der Waals surface area contributed by atoms with Crippen molar-refractivity contribution >= 4 is 18.1 Å². The highest BCUT2D eigenvalue weighted by Crippen LogP contribution is 2.51. The van der Waals surface area contributed by atoms with Crippen molar-refractivity contribution in [2.24, 2.45) is 0 Å². The Kier molecular flexibility index (Phi) is 8.41. The second-order valence-corrected chi connectivity index (χ2v) is 8.37. The SMILES string of the molecule is C=CCCC(=O)N(CC(F)(F)F)[C@@H]1C=C(C(=O)NCCO)[C@@H]2c3cc(C=O)cc(OC)c3O[C@@H]2[C@H]1O. The van der Waals surface area contributed by atoms with Gasteiger partial charge in [-0.3, -0.25) is 14.4 Å². The Morgan fingerprint density at radius 2 is 2.06 bits per heavy atom. The van der Waals surface area contributed by atoms with E-state index in [2.05, 4.69) is 11.9 Å². The molecule has 1 aromatic carbocycles. The molecule has 9 nitrogen and oxygen atoms in total. The highest BCUT2D eigenvalue weighted by atomic mass is 19.4. The molecule has 0 fully saturated rings. The molecule has 1 aromatic rings. The van der Waals surface area contributed by atoms with Crippen LogP contribution in [-0.4, -0.2) is 84.4 Å². The predicted octanol–water partition coefficient (Wildman–Crippen LogP) is 1.49. The van der Waals surface area contributed by atoms with Gasteiger partial charge in [0.25, 0.3) is 0 Å². The predicted molar refractivity (Wildman–Crippen MR) is 121 cm³/mol. The Morgan fingerprint density at radius 1 is 1.33 bits per heavy atom. The zero-order valence-corrected chi connectivity index (χ0v) is 19.5. The van der Waals surface area contributed by atoms with E-state index in [0.29, 0.717) is 16.7 Å². The van der Waals surface area contributed by atoms with E-state index in [1.165, 1.54) is 25.3 Å². The van der Waals surface area contributed by atoms with Crippen LogP contribution >= 0.6 is 0 Å². The van der Waals surface area contributed by atoms with Gasteiger partial charge in [-0.1, -0.05) is 6.08 Å². The van der Waals surface area contributed by atoms with Crippen LogP contribution < -0.4 is 14.8 Å². The van der Waals surface area contributed by atoms with Crippen molar-refractivity contribution in [1.82, 2.24) is 10.2 Å². The smallest absolute Gasteiger partial charge is 0.406 e. The van der Waals surface area contributed by atoms with Gasteiger partial charge in [0.05, 0.1) is 25.7 Å². The summed E-state index contributed by atoms with van der Waals surface area (Å²) in [6.07, 6.45) is -4.81. The minimum Gasteiger partial charge on any atom is -0.493 e. The second-order valence-electron chi connectivity index (χ2n) is 8.37. The molecule has 2 amide bonds. The van der Waals surface area contributed by atoms with Crippen LogP contribution in [0.25, 0.3) is 0 Å². The number of benzene rings is 1. The summed E-state index contributed by atoms with van der Waals surface area (Å²) >= 11 is 0. The van der Waals surface area contributed by atoms with Crippen LogP contribution in [0.3, 0.4) is 0 Å². The van der Waals surface area contributed by atoms with E-state index in [1.807, 2.05) is 0 Å². The number of aliphatic hydroxyl groups excluding tert-OH is 2. The molecule has 1 aliphatic carbocycles. The molecule has 12 heteroatoms. The third-order valence-corrected chi connectivity index (χ3v) is 6.00. The monoisotopic (exact) mass is 512 g/mol. The quantitative estimate of drug-likeness (QED) is 0.320. The second kappa shape index (κ2) is 11.1. The fourth-order valence-electron chi connectivity index (χ4n) is 4.48. The van der Waals surface area contributed by atoms with E-state index in [4.69, 9.17) is 14.6 Å². The molecular weight excluding hydrogens is 485 g/mol. The fourth-order valence-corrected chi connectivity index (χ4v) is 4.48. The molecule has 0 saturated carbocycles. The molecular formula is C24H27F3N2O7. The van der Waals surface area contributed by atoms with Gasteiger partial charge in [0.15, 0.2) is 11.5 Å². The highest BCUT2D eigenvalue weighted by Gasteiger charge is 2.52. The zero-order valence-electron chi connectivity index (χ0n) is 19.5. The topological polar surface area (TPSA) is 125 Å². The number of nitrogens with zero attached hydrogens (tertiary/aromatic N) is 1. The molecule has 0 unspecified atom stereocenters. The summed E-state index contributed by atoms with van der Waals surface area (Å²) in [4.78, 5) is 37.8. The number of nitrogens with one attached hydrogen (secondary N) is 1. The highest BCUT2D eigenvalue weighted by molar-refractivity contribution is 5.96. The van der Waals surface area contributed by atoms with Crippen LogP contribution in [0.15, 0.2) is 36.4 Å². The van der Waals surface area contributed by atoms with Gasteiger partial charge in [-0.25, -0.2) is 0 Å². The van der Waals surface area contributed by atoms with E-state index in [0.717, 1.165) is 6.08 Å². The Bertz CT molecular complexity index is 1060.